The van der Waals surface area contributed by atoms with Crippen LogP contribution < -0.4 is 10.1 Å². The highest BCUT2D eigenvalue weighted by atomic mass is 16.5. The summed E-state index contributed by atoms with van der Waals surface area (Å²) in [4.78, 5) is 12.0. The van der Waals surface area contributed by atoms with Crippen molar-refractivity contribution >= 4 is 16.7 Å². The van der Waals surface area contributed by atoms with Crippen LogP contribution in [0.5, 0.6) is 5.75 Å². The fourth-order valence-electron chi connectivity index (χ4n) is 3.74. The Labute approximate surface area is 186 Å². The molecule has 0 aromatic heterocycles. The quantitative estimate of drug-likeness (QED) is 0.306. The molecule has 0 unspecified atom stereocenters. The van der Waals surface area contributed by atoms with E-state index in [9.17, 15) is 15.0 Å². The molecule has 2 aromatic carbocycles. The van der Waals surface area contributed by atoms with E-state index < -0.39 is 5.54 Å². The molecule has 31 heavy (non-hydrogen) atoms. The number of hydrogen-bond donors (Lipinski definition) is 3. The van der Waals surface area contributed by atoms with E-state index in [1.807, 2.05) is 24.3 Å². The van der Waals surface area contributed by atoms with E-state index >= 15 is 0 Å². The van der Waals surface area contributed by atoms with Crippen LogP contribution in [0.15, 0.2) is 48.6 Å². The van der Waals surface area contributed by atoms with E-state index in [-0.39, 0.29) is 19.1 Å². The average molecular weight is 428 g/mol. The van der Waals surface area contributed by atoms with Gasteiger partial charge in [0.25, 0.3) is 0 Å². The minimum absolute atomic E-state index is 0.321. The molecule has 0 spiro atoms. The van der Waals surface area contributed by atoms with Gasteiger partial charge in [0.05, 0.1) is 25.4 Å². The van der Waals surface area contributed by atoms with E-state index in [0.717, 1.165) is 28.5 Å². The van der Waals surface area contributed by atoms with Crippen LogP contribution in [0.3, 0.4) is 0 Å². The molecular weight excluding hydrogens is 390 g/mol. The van der Waals surface area contributed by atoms with Crippen LogP contribution in [0, 0.1) is 0 Å². The van der Waals surface area contributed by atoms with Gasteiger partial charge in [0, 0.05) is 5.39 Å². The molecule has 0 saturated heterocycles. The third kappa shape index (κ3) is 7.37. The molecule has 5 nitrogen and oxygen atoms in total. The Hall–Kier alpha value is -2.37. The zero-order valence-electron chi connectivity index (χ0n) is 18.9. The number of aryl methyl sites for hydroxylation is 1. The lowest BCUT2D eigenvalue weighted by molar-refractivity contribution is -0.119. The first-order valence-electron chi connectivity index (χ1n) is 11.4. The number of ether oxygens (including phenoxy) is 1. The minimum Gasteiger partial charge on any atom is -0.493 e. The number of carbonyl (C=O) groups excluding carboxylic acids is 1. The maximum atomic E-state index is 12.0. The van der Waals surface area contributed by atoms with Crippen LogP contribution >= 0.6 is 0 Å². The second-order valence-electron chi connectivity index (χ2n) is 8.12. The van der Waals surface area contributed by atoms with Gasteiger partial charge in [-0.3, -0.25) is 4.79 Å². The number of hydrogen-bond acceptors (Lipinski definition) is 4. The number of unbranched alkanes of at least 4 members (excludes halogenated alkanes) is 4. The van der Waals surface area contributed by atoms with Crippen molar-refractivity contribution < 1.29 is 19.7 Å². The van der Waals surface area contributed by atoms with Crippen molar-refractivity contribution in [1.29, 1.82) is 0 Å². The Balaban J connectivity index is 2.11. The average Bonchev–Trinajstić information content (AvgIpc) is 2.79. The number of aliphatic hydroxyl groups is 2. The van der Waals surface area contributed by atoms with E-state index in [2.05, 4.69) is 24.4 Å². The van der Waals surface area contributed by atoms with Gasteiger partial charge in [-0.15, -0.1) is 0 Å². The standard InChI is InChI=1S/C26H37NO4/c1-3-5-6-7-10-18-31-24-15-14-21(22-12-8-9-13-23(22)24)16-17-26(19-28,20-29)27-25(30)11-4-2/h4,8-9,11-15,28-29H,3,5-7,10,16-20H2,1-2H3,(H,27,30)/b11-4+. The fourth-order valence-corrected chi connectivity index (χ4v) is 3.74. The highest BCUT2D eigenvalue weighted by Crippen LogP contribution is 2.30. The van der Waals surface area contributed by atoms with Crippen molar-refractivity contribution in [3.05, 3.63) is 54.1 Å². The molecule has 2 rings (SSSR count). The van der Waals surface area contributed by atoms with Crippen LogP contribution in [0.25, 0.3) is 10.8 Å². The van der Waals surface area contributed by atoms with Crippen LogP contribution in [0.4, 0.5) is 0 Å². The maximum absolute atomic E-state index is 12.0. The fraction of sp³-hybridized carbons (Fsp3) is 0.500. The summed E-state index contributed by atoms with van der Waals surface area (Å²) in [6.07, 6.45) is 10.1. The van der Waals surface area contributed by atoms with E-state index in [0.29, 0.717) is 19.4 Å². The molecule has 0 bridgehead atoms. The summed E-state index contributed by atoms with van der Waals surface area (Å²) in [5, 5.41) is 24.7. The molecule has 3 N–H and O–H groups in total. The second-order valence-corrected chi connectivity index (χ2v) is 8.12. The minimum atomic E-state index is -1.06. The molecule has 2 aromatic rings. The van der Waals surface area contributed by atoms with Gasteiger partial charge in [-0.25, -0.2) is 0 Å². The summed E-state index contributed by atoms with van der Waals surface area (Å²) in [7, 11) is 0. The molecule has 0 aliphatic rings. The predicted octanol–water partition coefficient (Wildman–Crippen LogP) is 4.54. The smallest absolute Gasteiger partial charge is 0.244 e. The Morgan fingerprint density at radius 1 is 1.03 bits per heavy atom. The van der Waals surface area contributed by atoms with Gasteiger partial charge in [0.15, 0.2) is 0 Å². The van der Waals surface area contributed by atoms with Crippen LogP contribution in [-0.4, -0.2) is 41.5 Å². The molecule has 0 fully saturated rings. The van der Waals surface area contributed by atoms with Crippen molar-refractivity contribution in [2.45, 2.75) is 64.3 Å². The number of carbonyl (C=O) groups is 1. The van der Waals surface area contributed by atoms with Crippen molar-refractivity contribution in [2.75, 3.05) is 19.8 Å². The summed E-state index contributed by atoms with van der Waals surface area (Å²) >= 11 is 0. The highest BCUT2D eigenvalue weighted by molar-refractivity contribution is 5.91. The van der Waals surface area contributed by atoms with E-state index in [1.54, 1.807) is 13.0 Å². The zero-order valence-corrected chi connectivity index (χ0v) is 18.9. The van der Waals surface area contributed by atoms with Gasteiger partial charge < -0.3 is 20.3 Å². The topological polar surface area (TPSA) is 78.8 Å². The SMILES string of the molecule is C/C=C/C(=O)NC(CO)(CO)CCc1ccc(OCCCCCCC)c2ccccc12. The number of aliphatic hydroxyl groups excluding tert-OH is 2. The predicted molar refractivity (Wildman–Crippen MR) is 126 cm³/mol. The molecule has 5 heteroatoms. The molecule has 1 amide bonds. The van der Waals surface area contributed by atoms with Crippen LogP contribution in [0.2, 0.25) is 0 Å². The van der Waals surface area contributed by atoms with E-state index in [4.69, 9.17) is 4.74 Å². The third-order valence-electron chi connectivity index (χ3n) is 5.66. The molecule has 170 valence electrons. The monoisotopic (exact) mass is 427 g/mol. The molecule has 0 aliphatic carbocycles. The Morgan fingerprint density at radius 3 is 2.42 bits per heavy atom. The largest absolute Gasteiger partial charge is 0.493 e. The Morgan fingerprint density at radius 2 is 1.74 bits per heavy atom. The molecule has 0 heterocycles. The van der Waals surface area contributed by atoms with Crippen molar-refractivity contribution in [1.82, 2.24) is 5.32 Å². The Kier molecular flexibility index (Phi) is 10.5. The number of allylic oxidation sites excluding steroid dienone is 1. The number of rotatable bonds is 14. The maximum Gasteiger partial charge on any atom is 0.244 e. The lowest BCUT2D eigenvalue weighted by Gasteiger charge is -2.31. The number of benzene rings is 2. The van der Waals surface area contributed by atoms with Gasteiger partial charge in [0.1, 0.15) is 5.75 Å². The van der Waals surface area contributed by atoms with Gasteiger partial charge in [-0.05, 0) is 49.3 Å². The summed E-state index contributed by atoms with van der Waals surface area (Å²) in [5.74, 6) is 0.560. The molecule has 0 atom stereocenters. The lowest BCUT2D eigenvalue weighted by Crippen LogP contribution is -2.54. The van der Waals surface area contributed by atoms with Crippen molar-refractivity contribution in [3.8, 4) is 5.75 Å². The van der Waals surface area contributed by atoms with Gasteiger partial charge in [0.2, 0.25) is 5.91 Å². The van der Waals surface area contributed by atoms with Crippen molar-refractivity contribution in [2.24, 2.45) is 0 Å². The Bertz CT molecular complexity index is 842. The number of amides is 1. The van der Waals surface area contributed by atoms with Gasteiger partial charge in [-0.1, -0.05) is 69.0 Å². The summed E-state index contributed by atoms with van der Waals surface area (Å²) in [5.41, 5.74) is 0.0307. The summed E-state index contributed by atoms with van der Waals surface area (Å²) in [6, 6.07) is 12.2. The first-order chi connectivity index (χ1) is 15.1. The van der Waals surface area contributed by atoms with Crippen LogP contribution in [-0.2, 0) is 11.2 Å². The van der Waals surface area contributed by atoms with Gasteiger partial charge in [-0.2, -0.15) is 0 Å². The molecule has 0 aliphatic heterocycles. The molecule has 0 radical (unpaired) electrons. The molecule has 0 saturated carbocycles. The van der Waals surface area contributed by atoms with E-state index in [1.165, 1.54) is 31.8 Å². The zero-order chi connectivity index (χ0) is 22.5. The lowest BCUT2D eigenvalue weighted by atomic mass is 9.90. The number of nitrogens with one attached hydrogen (secondary N) is 1. The normalized spacial score (nSPS) is 11.9. The highest BCUT2D eigenvalue weighted by Gasteiger charge is 2.30. The van der Waals surface area contributed by atoms with Crippen LogP contribution in [0.1, 0.15) is 57.9 Å². The molecular formula is C26H37NO4. The summed E-state index contributed by atoms with van der Waals surface area (Å²) < 4.78 is 6.08. The van der Waals surface area contributed by atoms with Crippen molar-refractivity contribution in [3.63, 3.8) is 0 Å². The van der Waals surface area contributed by atoms with Gasteiger partial charge >= 0.3 is 0 Å². The second kappa shape index (κ2) is 13.1. The first-order valence-corrected chi connectivity index (χ1v) is 11.4. The first kappa shape index (κ1) is 24.9. The summed E-state index contributed by atoms with van der Waals surface area (Å²) in [6.45, 7) is 4.02. The number of fused-ring (bicyclic) bond motifs is 1. The third-order valence-corrected chi connectivity index (χ3v) is 5.66.